The van der Waals surface area contributed by atoms with Crippen LogP contribution < -0.4 is 5.32 Å². The first-order valence-corrected chi connectivity index (χ1v) is 7.80. The van der Waals surface area contributed by atoms with Crippen molar-refractivity contribution in [3.8, 4) is 0 Å². The van der Waals surface area contributed by atoms with Crippen molar-refractivity contribution in [1.82, 2.24) is 4.90 Å². The maximum Gasteiger partial charge on any atom is 0.235 e. The third-order valence-corrected chi connectivity index (χ3v) is 5.09. The summed E-state index contributed by atoms with van der Waals surface area (Å²) in [7, 11) is 0. The van der Waals surface area contributed by atoms with E-state index in [2.05, 4.69) is 36.7 Å². The van der Waals surface area contributed by atoms with Gasteiger partial charge in [-0.1, -0.05) is 25.6 Å². The largest absolute Gasteiger partial charge is 0.325 e. The zero-order valence-electron chi connectivity index (χ0n) is 13.2. The number of anilines is 1. The van der Waals surface area contributed by atoms with Crippen LogP contribution in [0, 0.1) is 0 Å². The van der Waals surface area contributed by atoms with E-state index in [-0.39, 0.29) is 20.2 Å². The minimum Gasteiger partial charge on any atom is -0.325 e. The fraction of sp³-hybridized carbons (Fsp3) is 0.526. The zero-order chi connectivity index (χ0) is 15.2. The summed E-state index contributed by atoms with van der Waals surface area (Å²) in [6, 6.07) is 6.79. The summed E-state index contributed by atoms with van der Waals surface area (Å²) in [6.07, 6.45) is 1.81. The minimum absolute atomic E-state index is 0. The number of rotatable bonds is 2. The van der Waals surface area contributed by atoms with E-state index in [1.54, 1.807) is 0 Å². The van der Waals surface area contributed by atoms with Crippen LogP contribution in [-0.4, -0.2) is 29.9 Å². The molecule has 1 N–H and O–H groups in total. The van der Waals surface area contributed by atoms with Crippen molar-refractivity contribution in [2.45, 2.75) is 52.5 Å². The third kappa shape index (κ3) is 2.48. The maximum absolute atomic E-state index is 12.6. The van der Waals surface area contributed by atoms with Gasteiger partial charge in [-0.3, -0.25) is 4.79 Å². The second kappa shape index (κ2) is 5.88. The van der Waals surface area contributed by atoms with Crippen molar-refractivity contribution in [2.75, 3.05) is 18.4 Å². The van der Waals surface area contributed by atoms with Crippen LogP contribution in [0.4, 0.5) is 5.69 Å². The number of carbonyl (C=O) groups is 1. The lowest BCUT2D eigenvalue weighted by Gasteiger charge is -2.39. The van der Waals surface area contributed by atoms with Crippen LogP contribution in [0.2, 0.25) is 0 Å². The Bertz CT molecular complexity index is 601. The highest BCUT2D eigenvalue weighted by atomic mass is 16.2. The first kappa shape index (κ1) is 16.8. The monoisotopic (exact) mass is 302 g/mol. The molecule has 2 heterocycles. The van der Waals surface area contributed by atoms with Gasteiger partial charge < -0.3 is 10.2 Å². The molecule has 1 amide bonds. The molecule has 3 heteroatoms. The highest BCUT2D eigenvalue weighted by Gasteiger charge is 2.48. The molecule has 1 aromatic carbocycles. The molecule has 3 rings (SSSR count). The van der Waals surface area contributed by atoms with Gasteiger partial charge in [0.15, 0.2) is 0 Å². The number of fused-ring (bicyclic) bond motifs is 2. The number of piperidine rings is 1. The predicted molar refractivity (Wildman–Crippen MR) is 96.2 cm³/mol. The Morgan fingerprint density at radius 2 is 2.00 bits per heavy atom. The van der Waals surface area contributed by atoms with Crippen LogP contribution in [0.15, 0.2) is 24.8 Å². The van der Waals surface area contributed by atoms with Crippen molar-refractivity contribution in [2.24, 2.45) is 0 Å². The molecule has 0 bridgehead atoms. The smallest absolute Gasteiger partial charge is 0.235 e. The van der Waals surface area contributed by atoms with Crippen LogP contribution in [0.3, 0.4) is 0 Å². The number of allylic oxidation sites excluding steroid dienone is 1. The molecular formula is C19H30N2O. The molecule has 22 heavy (non-hydrogen) atoms. The Balaban J connectivity index is 0.00000132. The molecular weight excluding hydrogens is 272 g/mol. The van der Waals surface area contributed by atoms with Crippen molar-refractivity contribution in [3.05, 3.63) is 35.9 Å². The fourth-order valence-electron chi connectivity index (χ4n) is 3.60. The second-order valence-electron chi connectivity index (χ2n) is 6.71. The number of nitrogens with one attached hydrogen (secondary N) is 1. The summed E-state index contributed by atoms with van der Waals surface area (Å²) in [4.78, 5) is 15.1. The number of hydrogen-bond donors (Lipinski definition) is 1. The first-order valence-electron chi connectivity index (χ1n) is 7.80. The molecule has 0 saturated carbocycles. The van der Waals surface area contributed by atoms with Gasteiger partial charge in [0.2, 0.25) is 5.91 Å². The molecule has 0 atom stereocenters. The molecule has 0 aliphatic carbocycles. The zero-order valence-corrected chi connectivity index (χ0v) is 13.2. The highest BCUT2D eigenvalue weighted by molar-refractivity contribution is 6.06. The van der Waals surface area contributed by atoms with Gasteiger partial charge in [0.05, 0.1) is 5.41 Å². The Morgan fingerprint density at radius 3 is 2.55 bits per heavy atom. The molecule has 2 aliphatic heterocycles. The lowest BCUT2D eigenvalue weighted by atomic mass is 9.73. The average Bonchev–Trinajstić information content (AvgIpc) is 2.72. The normalized spacial score (nSPS) is 19.7. The van der Waals surface area contributed by atoms with Gasteiger partial charge in [0.1, 0.15) is 0 Å². The number of nitrogens with zero attached hydrogens (tertiary/aromatic N) is 1. The number of carbonyl (C=O) groups excluding carboxylic acids is 1. The summed E-state index contributed by atoms with van der Waals surface area (Å²) in [5.74, 6) is 0.180. The fourth-order valence-corrected chi connectivity index (χ4v) is 3.60. The number of likely N-dealkylation sites (tertiary alicyclic amines) is 1. The van der Waals surface area contributed by atoms with E-state index in [0.29, 0.717) is 6.04 Å². The van der Waals surface area contributed by atoms with Gasteiger partial charge in [0, 0.05) is 13.2 Å². The van der Waals surface area contributed by atoms with Crippen LogP contribution >= 0.6 is 0 Å². The Hall–Kier alpha value is -1.61. The molecule has 1 saturated heterocycles. The first-order chi connectivity index (χ1) is 9.94. The molecule has 0 radical (unpaired) electrons. The highest BCUT2D eigenvalue weighted by Crippen LogP contribution is 2.45. The van der Waals surface area contributed by atoms with Crippen LogP contribution in [0.1, 0.15) is 53.6 Å². The molecule has 1 aromatic rings. The summed E-state index contributed by atoms with van der Waals surface area (Å²) < 4.78 is 0. The molecule has 122 valence electrons. The summed E-state index contributed by atoms with van der Waals surface area (Å²) >= 11 is 0. The number of amides is 1. The Labute approximate surface area is 135 Å². The SMILES string of the molecule is C.C=C(C)c1ccc2c(c1)C1(CCN(C(C)C)CC1)C(=O)N2.[HH]. The Kier molecular flexibility index (Phi) is 4.48. The van der Waals surface area contributed by atoms with Gasteiger partial charge in [-0.05, 0) is 70.0 Å². The van der Waals surface area contributed by atoms with Crippen molar-refractivity contribution >= 4 is 17.2 Å². The standard InChI is InChI=1S/C18H24N2O.CH4.H2/c1-12(2)14-5-6-16-15(11-14)18(17(21)19-16)7-9-20(10-8-18)13(3)4;;/h5-6,11,13H,1,7-10H2,2-4H3,(H,19,21);1H4;1H. The van der Waals surface area contributed by atoms with Gasteiger partial charge in [-0.15, -0.1) is 0 Å². The van der Waals surface area contributed by atoms with Gasteiger partial charge in [-0.25, -0.2) is 0 Å². The summed E-state index contributed by atoms with van der Waals surface area (Å²) in [5.41, 5.74) is 4.02. The minimum atomic E-state index is -0.327. The van der Waals surface area contributed by atoms with Crippen LogP contribution in [0.25, 0.3) is 5.57 Å². The molecule has 0 unspecified atom stereocenters. The maximum atomic E-state index is 12.6. The van der Waals surface area contributed by atoms with Crippen LogP contribution in [-0.2, 0) is 10.2 Å². The second-order valence-corrected chi connectivity index (χ2v) is 6.71. The summed E-state index contributed by atoms with van der Waals surface area (Å²) in [5, 5.41) is 3.08. The number of hydrogen-bond acceptors (Lipinski definition) is 2. The summed E-state index contributed by atoms with van der Waals surface area (Å²) in [6.45, 7) is 12.5. The lowest BCUT2D eigenvalue weighted by molar-refractivity contribution is -0.122. The van der Waals surface area contributed by atoms with E-state index in [4.69, 9.17) is 0 Å². The van der Waals surface area contributed by atoms with E-state index in [1.165, 1.54) is 5.56 Å². The van der Waals surface area contributed by atoms with Crippen LogP contribution in [0.5, 0.6) is 0 Å². The number of benzene rings is 1. The topological polar surface area (TPSA) is 32.3 Å². The molecule has 1 fully saturated rings. The van der Waals surface area contributed by atoms with Gasteiger partial charge >= 0.3 is 0 Å². The van der Waals surface area contributed by atoms with E-state index in [9.17, 15) is 4.79 Å². The van der Waals surface area contributed by atoms with Crippen molar-refractivity contribution in [3.63, 3.8) is 0 Å². The molecule has 2 aliphatic rings. The third-order valence-electron chi connectivity index (χ3n) is 5.09. The Morgan fingerprint density at radius 1 is 1.36 bits per heavy atom. The predicted octanol–water partition coefficient (Wildman–Crippen LogP) is 4.30. The molecule has 1 spiro atoms. The van der Waals surface area contributed by atoms with E-state index in [0.717, 1.165) is 42.8 Å². The van der Waals surface area contributed by atoms with Gasteiger partial charge in [-0.2, -0.15) is 0 Å². The van der Waals surface area contributed by atoms with Gasteiger partial charge in [0.25, 0.3) is 0 Å². The van der Waals surface area contributed by atoms with Crippen molar-refractivity contribution < 1.29 is 6.22 Å². The average molecular weight is 302 g/mol. The molecule has 3 nitrogen and oxygen atoms in total. The quantitative estimate of drug-likeness (QED) is 0.883. The molecule has 0 aromatic heterocycles. The van der Waals surface area contributed by atoms with E-state index in [1.807, 2.05) is 19.1 Å². The van der Waals surface area contributed by atoms with E-state index < -0.39 is 0 Å². The lowest BCUT2D eigenvalue weighted by Crippen LogP contribution is -2.48. The van der Waals surface area contributed by atoms with E-state index >= 15 is 0 Å². The van der Waals surface area contributed by atoms with Crippen molar-refractivity contribution in [1.29, 1.82) is 0 Å².